The summed E-state index contributed by atoms with van der Waals surface area (Å²) >= 11 is 3.07. The fourth-order valence-corrected chi connectivity index (χ4v) is 5.97. The quantitative estimate of drug-likeness (QED) is 0.379. The van der Waals surface area contributed by atoms with Crippen LogP contribution in [0.1, 0.15) is 44.1 Å². The molecule has 4 aliphatic rings. The number of nitrogens with zero attached hydrogens (tertiary/aromatic N) is 2. The van der Waals surface area contributed by atoms with Gasteiger partial charge in [-0.15, -0.1) is 0 Å². The number of hydrogen-bond acceptors (Lipinski definition) is 5. The van der Waals surface area contributed by atoms with E-state index in [-0.39, 0.29) is 33.0 Å². The van der Waals surface area contributed by atoms with Gasteiger partial charge in [0, 0.05) is 23.2 Å². The lowest BCUT2D eigenvalue weighted by atomic mass is 9.53. The fraction of sp³-hybridized carbons (Fsp3) is 0.556. The number of benzene rings is 1. The number of halogens is 1. The molecule has 0 unspecified atom stereocenters. The molecule has 4 fully saturated rings. The van der Waals surface area contributed by atoms with E-state index >= 15 is 0 Å². The lowest BCUT2D eigenvalue weighted by Gasteiger charge is -2.56. The summed E-state index contributed by atoms with van der Waals surface area (Å²) in [6, 6.07) is 2.03. The Hall–Kier alpha value is -2.16. The summed E-state index contributed by atoms with van der Waals surface area (Å²) in [5.41, 5.74) is 2.27. The Kier molecular flexibility index (Phi) is 4.57. The number of non-ortho nitro benzene ring substituents is 1. The Balaban J connectivity index is 1.41. The van der Waals surface area contributed by atoms with Gasteiger partial charge in [-0.05, 0) is 72.2 Å². The monoisotopic (exact) mass is 436 g/mol. The molecule has 27 heavy (non-hydrogen) atoms. The molecule has 9 heteroatoms. The highest BCUT2D eigenvalue weighted by Gasteiger charge is 2.51. The molecule has 4 aliphatic carbocycles. The Morgan fingerprint density at radius 2 is 1.85 bits per heavy atom. The van der Waals surface area contributed by atoms with E-state index in [1.54, 1.807) is 0 Å². The first kappa shape index (κ1) is 18.2. The topological polar surface area (TPSA) is 117 Å². The number of phenolic OH excluding ortho intramolecular Hbond substituents is 1. The van der Waals surface area contributed by atoms with Crippen molar-refractivity contribution in [2.75, 3.05) is 0 Å². The summed E-state index contributed by atoms with van der Waals surface area (Å²) in [7, 11) is 0. The number of hydrogen-bond donors (Lipinski definition) is 3. The molecule has 0 aromatic heterocycles. The van der Waals surface area contributed by atoms with Crippen LogP contribution in [0.15, 0.2) is 21.7 Å². The predicted molar refractivity (Wildman–Crippen MR) is 103 cm³/mol. The number of nitrogens with one attached hydrogen (secondary N) is 2. The lowest BCUT2D eigenvalue weighted by molar-refractivity contribution is -0.385. The Morgan fingerprint density at radius 1 is 1.26 bits per heavy atom. The van der Waals surface area contributed by atoms with Crippen molar-refractivity contribution < 1.29 is 14.8 Å². The predicted octanol–water partition coefficient (Wildman–Crippen LogP) is 3.66. The number of aromatic hydroxyl groups is 1. The molecule has 1 aromatic rings. The molecule has 0 heterocycles. The molecule has 4 bridgehead atoms. The number of hydrazone groups is 1. The van der Waals surface area contributed by atoms with Crippen LogP contribution in [-0.4, -0.2) is 27.8 Å². The summed E-state index contributed by atoms with van der Waals surface area (Å²) in [5.74, 6) is 1.99. The van der Waals surface area contributed by atoms with E-state index in [9.17, 15) is 20.0 Å². The molecule has 0 atom stereocenters. The third-order valence-corrected chi connectivity index (χ3v) is 6.68. The highest BCUT2D eigenvalue weighted by Crippen LogP contribution is 2.55. The number of rotatable bonds is 4. The van der Waals surface area contributed by atoms with Gasteiger partial charge in [-0.2, -0.15) is 5.10 Å². The van der Waals surface area contributed by atoms with Crippen molar-refractivity contribution in [2.45, 2.75) is 44.1 Å². The fourth-order valence-electron chi connectivity index (χ4n) is 5.50. The first-order valence-electron chi connectivity index (χ1n) is 9.12. The van der Waals surface area contributed by atoms with Gasteiger partial charge in [0.1, 0.15) is 5.75 Å². The van der Waals surface area contributed by atoms with E-state index in [4.69, 9.17) is 0 Å². The van der Waals surface area contributed by atoms with Gasteiger partial charge in [0.2, 0.25) is 0 Å². The van der Waals surface area contributed by atoms with Crippen molar-refractivity contribution in [3.63, 3.8) is 0 Å². The number of urea groups is 1. The summed E-state index contributed by atoms with van der Waals surface area (Å²) in [5, 5.41) is 27.9. The largest absolute Gasteiger partial charge is 0.506 e. The van der Waals surface area contributed by atoms with Crippen LogP contribution in [0.2, 0.25) is 0 Å². The number of carbonyl (C=O) groups excluding carboxylic acids is 1. The van der Waals surface area contributed by atoms with Crippen LogP contribution in [0, 0.1) is 27.9 Å². The van der Waals surface area contributed by atoms with Crippen molar-refractivity contribution >= 4 is 33.9 Å². The van der Waals surface area contributed by atoms with Gasteiger partial charge < -0.3 is 10.4 Å². The average Bonchev–Trinajstić information content (AvgIpc) is 2.56. The number of phenols is 1. The van der Waals surface area contributed by atoms with E-state index in [0.29, 0.717) is 0 Å². The summed E-state index contributed by atoms with van der Waals surface area (Å²) in [6.45, 7) is 0. The van der Waals surface area contributed by atoms with Crippen molar-refractivity contribution in [2.24, 2.45) is 22.9 Å². The lowest BCUT2D eigenvalue weighted by Crippen LogP contribution is -2.61. The molecule has 0 saturated heterocycles. The molecule has 1 aromatic carbocycles. The van der Waals surface area contributed by atoms with Crippen LogP contribution < -0.4 is 10.7 Å². The normalized spacial score (nSPS) is 31.2. The summed E-state index contributed by atoms with van der Waals surface area (Å²) in [4.78, 5) is 22.7. The highest BCUT2D eigenvalue weighted by molar-refractivity contribution is 9.10. The number of carbonyl (C=O) groups is 1. The minimum Gasteiger partial charge on any atom is -0.506 e. The van der Waals surface area contributed by atoms with Gasteiger partial charge >= 0.3 is 6.03 Å². The minimum atomic E-state index is -0.561. The highest BCUT2D eigenvalue weighted by atomic mass is 79.9. The maximum absolute atomic E-state index is 12.3. The zero-order valence-corrected chi connectivity index (χ0v) is 16.2. The first-order chi connectivity index (χ1) is 12.8. The van der Waals surface area contributed by atoms with Crippen molar-refractivity contribution in [3.05, 3.63) is 32.3 Å². The van der Waals surface area contributed by atoms with E-state index in [2.05, 4.69) is 31.8 Å². The first-order valence-corrected chi connectivity index (χ1v) is 9.91. The number of nitro groups is 1. The van der Waals surface area contributed by atoms with Gasteiger partial charge in [0.15, 0.2) is 0 Å². The molecule has 5 rings (SSSR count). The summed E-state index contributed by atoms with van der Waals surface area (Å²) in [6.07, 6.45) is 8.19. The molecule has 4 saturated carbocycles. The van der Waals surface area contributed by atoms with Crippen molar-refractivity contribution in [1.29, 1.82) is 0 Å². The number of nitro benzene ring substituents is 1. The standard InChI is InChI=1S/C18H21BrN4O4/c19-15-5-14(23(26)27)4-13(16(15)24)9-20-22-17(25)21-18-6-10-1-11(7-18)3-12(2-10)8-18/h4-5,9-12,24H,1-3,6-8H2,(H2,21,22,25)/b20-9+. The molecule has 0 radical (unpaired) electrons. The molecule has 3 N–H and O–H groups in total. The van der Waals surface area contributed by atoms with Crippen LogP contribution in [-0.2, 0) is 0 Å². The maximum atomic E-state index is 12.3. The van der Waals surface area contributed by atoms with Crippen LogP contribution in [0.4, 0.5) is 10.5 Å². The molecule has 0 spiro atoms. The molecule has 8 nitrogen and oxygen atoms in total. The van der Waals surface area contributed by atoms with Crippen LogP contribution in [0.5, 0.6) is 5.75 Å². The molecular weight excluding hydrogens is 416 g/mol. The van der Waals surface area contributed by atoms with Crippen molar-refractivity contribution in [1.82, 2.24) is 10.7 Å². The molecule has 144 valence electrons. The molecular formula is C18H21BrN4O4. The molecule has 2 amide bonds. The van der Waals surface area contributed by atoms with E-state index in [1.165, 1.54) is 37.6 Å². The minimum absolute atomic E-state index is 0.120. The van der Waals surface area contributed by atoms with Crippen molar-refractivity contribution in [3.8, 4) is 5.75 Å². The second-order valence-electron chi connectivity index (χ2n) is 8.14. The second kappa shape index (κ2) is 6.78. The average molecular weight is 437 g/mol. The number of amides is 2. The smallest absolute Gasteiger partial charge is 0.335 e. The third kappa shape index (κ3) is 3.65. The zero-order valence-electron chi connectivity index (χ0n) is 14.7. The Labute approximate surface area is 164 Å². The maximum Gasteiger partial charge on any atom is 0.335 e. The van der Waals surface area contributed by atoms with Gasteiger partial charge in [0.05, 0.1) is 15.6 Å². The second-order valence-corrected chi connectivity index (χ2v) is 9.00. The van der Waals surface area contributed by atoms with Gasteiger partial charge in [-0.25, -0.2) is 10.2 Å². The third-order valence-electron chi connectivity index (χ3n) is 6.08. The van der Waals surface area contributed by atoms with E-state index < -0.39 is 4.92 Å². The zero-order chi connectivity index (χ0) is 19.2. The molecule has 0 aliphatic heterocycles. The SMILES string of the molecule is O=C(N/N=C/c1cc([N+](=O)[O-])cc(Br)c1O)NC12CC3CC(CC(C3)C1)C2. The van der Waals surface area contributed by atoms with E-state index in [0.717, 1.165) is 37.0 Å². The van der Waals surface area contributed by atoms with Gasteiger partial charge in [-0.1, -0.05) is 0 Å². The summed E-state index contributed by atoms with van der Waals surface area (Å²) < 4.78 is 0.191. The van der Waals surface area contributed by atoms with E-state index in [1.807, 2.05) is 0 Å². The van der Waals surface area contributed by atoms with Gasteiger partial charge in [-0.3, -0.25) is 10.1 Å². The van der Waals surface area contributed by atoms with Crippen LogP contribution in [0.25, 0.3) is 0 Å². The van der Waals surface area contributed by atoms with Crippen LogP contribution >= 0.6 is 15.9 Å². The van der Waals surface area contributed by atoms with Gasteiger partial charge in [0.25, 0.3) is 5.69 Å². The van der Waals surface area contributed by atoms with Crippen LogP contribution in [0.3, 0.4) is 0 Å². The Bertz CT molecular complexity index is 791. The Morgan fingerprint density at radius 3 is 2.41 bits per heavy atom.